The first-order valence-electron chi connectivity index (χ1n) is 7.98. The molecule has 1 aliphatic rings. The van der Waals surface area contributed by atoms with Crippen LogP contribution in [0.15, 0.2) is 0 Å². The molecule has 0 aromatic heterocycles. The second-order valence-corrected chi connectivity index (χ2v) is 7.18. The van der Waals surface area contributed by atoms with Crippen LogP contribution >= 0.6 is 0 Å². The monoisotopic (exact) mass is 283 g/mol. The molecule has 0 radical (unpaired) electrons. The summed E-state index contributed by atoms with van der Waals surface area (Å²) in [5, 5.41) is 2.73. The molecule has 0 aromatic rings. The van der Waals surface area contributed by atoms with Crippen LogP contribution in [0.4, 0.5) is 0 Å². The van der Waals surface area contributed by atoms with E-state index < -0.39 is 0 Å². The maximum atomic E-state index is 11.7. The average Bonchev–Trinajstić information content (AvgIpc) is 2.42. The maximum absolute atomic E-state index is 11.7. The number of rotatable bonds is 5. The number of likely N-dealkylation sites (N-methyl/N-ethyl adjacent to an activating group) is 2. The van der Waals surface area contributed by atoms with Crippen LogP contribution in [-0.2, 0) is 4.79 Å². The lowest BCUT2D eigenvalue weighted by atomic mass is 9.67. The lowest BCUT2D eigenvalue weighted by Gasteiger charge is -2.45. The quantitative estimate of drug-likeness (QED) is 0.809. The highest BCUT2D eigenvalue weighted by molar-refractivity contribution is 5.77. The minimum Gasteiger partial charge on any atom is -0.358 e. The van der Waals surface area contributed by atoms with E-state index in [2.05, 4.69) is 37.9 Å². The van der Waals surface area contributed by atoms with Crippen molar-refractivity contribution in [2.24, 2.45) is 23.0 Å². The third-order valence-corrected chi connectivity index (χ3v) is 4.98. The van der Waals surface area contributed by atoms with E-state index >= 15 is 0 Å². The fraction of sp³-hybridized carbons (Fsp3) is 0.938. The molecule has 0 bridgehead atoms. The predicted octanol–water partition coefficient (Wildman–Crippen LogP) is 1.84. The summed E-state index contributed by atoms with van der Waals surface area (Å²) in [6, 6.07) is 0.445. The highest BCUT2D eigenvalue weighted by Crippen LogP contribution is 2.41. The normalized spacial score (nSPS) is 27.6. The van der Waals surface area contributed by atoms with Gasteiger partial charge >= 0.3 is 0 Å². The SMILES string of the molecule is CCN(CC(=O)NC)C1CC(C(C)(C)C)CCC1CN. The molecule has 0 spiro atoms. The molecule has 1 amide bonds. The van der Waals surface area contributed by atoms with Crippen LogP contribution in [-0.4, -0.2) is 43.5 Å². The van der Waals surface area contributed by atoms with Gasteiger partial charge in [0.15, 0.2) is 0 Å². The molecule has 0 heterocycles. The molecule has 0 aliphatic heterocycles. The molecule has 4 heteroatoms. The van der Waals surface area contributed by atoms with Crippen LogP contribution in [0.2, 0.25) is 0 Å². The number of hydrogen-bond donors (Lipinski definition) is 2. The van der Waals surface area contributed by atoms with Crippen LogP contribution in [0.5, 0.6) is 0 Å². The molecule has 1 rings (SSSR count). The van der Waals surface area contributed by atoms with Gasteiger partial charge in [0.05, 0.1) is 6.54 Å². The summed E-state index contributed by atoms with van der Waals surface area (Å²) in [5.41, 5.74) is 6.31. The Labute approximate surface area is 124 Å². The molecule has 4 nitrogen and oxygen atoms in total. The van der Waals surface area contributed by atoms with Crippen LogP contribution in [0, 0.1) is 17.3 Å². The lowest BCUT2D eigenvalue weighted by molar-refractivity contribution is -0.123. The average molecular weight is 283 g/mol. The summed E-state index contributed by atoms with van der Waals surface area (Å²) in [6.07, 6.45) is 3.61. The zero-order valence-electron chi connectivity index (χ0n) is 13.9. The van der Waals surface area contributed by atoms with Crippen molar-refractivity contribution < 1.29 is 4.79 Å². The van der Waals surface area contributed by atoms with E-state index in [0.29, 0.717) is 29.8 Å². The van der Waals surface area contributed by atoms with Crippen molar-refractivity contribution in [3.8, 4) is 0 Å². The number of nitrogens with two attached hydrogens (primary N) is 1. The summed E-state index contributed by atoms with van der Waals surface area (Å²) in [6.45, 7) is 11.2. The van der Waals surface area contributed by atoms with Crippen molar-refractivity contribution in [3.05, 3.63) is 0 Å². The summed E-state index contributed by atoms with van der Waals surface area (Å²) >= 11 is 0. The van der Waals surface area contributed by atoms with Crippen molar-refractivity contribution in [1.82, 2.24) is 10.2 Å². The van der Waals surface area contributed by atoms with Crippen molar-refractivity contribution in [3.63, 3.8) is 0 Å². The Morgan fingerprint density at radius 3 is 2.45 bits per heavy atom. The Morgan fingerprint density at radius 1 is 1.35 bits per heavy atom. The molecule has 3 unspecified atom stereocenters. The molecule has 0 saturated heterocycles. The number of carbonyl (C=O) groups excluding carboxylic acids is 1. The Morgan fingerprint density at radius 2 is 2.00 bits per heavy atom. The highest BCUT2D eigenvalue weighted by atomic mass is 16.1. The van der Waals surface area contributed by atoms with Crippen molar-refractivity contribution in [1.29, 1.82) is 0 Å². The maximum Gasteiger partial charge on any atom is 0.233 e. The second kappa shape index (κ2) is 7.41. The Bertz CT molecular complexity index is 311. The number of amides is 1. The third-order valence-electron chi connectivity index (χ3n) is 4.98. The van der Waals surface area contributed by atoms with Gasteiger partial charge in [-0.1, -0.05) is 27.7 Å². The van der Waals surface area contributed by atoms with E-state index in [-0.39, 0.29) is 5.91 Å². The highest BCUT2D eigenvalue weighted by Gasteiger charge is 2.37. The molecule has 20 heavy (non-hydrogen) atoms. The first kappa shape index (κ1) is 17.4. The Kier molecular flexibility index (Phi) is 6.46. The zero-order chi connectivity index (χ0) is 15.3. The van der Waals surface area contributed by atoms with E-state index in [0.717, 1.165) is 19.5 Å². The standard InChI is InChI=1S/C16H33N3O/c1-6-19(11-15(20)18-5)14-9-13(16(2,3)4)8-7-12(14)10-17/h12-14H,6-11,17H2,1-5H3,(H,18,20). The van der Waals surface area contributed by atoms with Gasteiger partial charge in [0.2, 0.25) is 5.91 Å². The van der Waals surface area contributed by atoms with Gasteiger partial charge in [0.25, 0.3) is 0 Å². The van der Waals surface area contributed by atoms with E-state index in [4.69, 9.17) is 5.73 Å². The van der Waals surface area contributed by atoms with Gasteiger partial charge < -0.3 is 11.1 Å². The number of carbonyl (C=O) groups is 1. The van der Waals surface area contributed by atoms with Crippen molar-refractivity contribution >= 4 is 5.91 Å². The first-order chi connectivity index (χ1) is 9.33. The molecule has 3 N–H and O–H groups in total. The fourth-order valence-electron chi connectivity index (χ4n) is 3.45. The van der Waals surface area contributed by atoms with E-state index in [1.807, 2.05) is 0 Å². The van der Waals surface area contributed by atoms with Crippen LogP contribution in [0.25, 0.3) is 0 Å². The molecule has 0 aromatic carbocycles. The Hall–Kier alpha value is -0.610. The minimum absolute atomic E-state index is 0.0977. The van der Waals surface area contributed by atoms with E-state index in [1.54, 1.807) is 7.05 Å². The third kappa shape index (κ3) is 4.45. The first-order valence-corrected chi connectivity index (χ1v) is 7.98. The van der Waals surface area contributed by atoms with Crippen LogP contribution < -0.4 is 11.1 Å². The molecular weight excluding hydrogens is 250 g/mol. The fourth-order valence-corrected chi connectivity index (χ4v) is 3.45. The van der Waals surface area contributed by atoms with Crippen molar-refractivity contribution in [2.45, 2.75) is 53.0 Å². The Balaban J connectivity index is 2.81. The van der Waals surface area contributed by atoms with Gasteiger partial charge in [-0.05, 0) is 49.6 Å². The van der Waals surface area contributed by atoms with E-state index in [9.17, 15) is 4.79 Å². The van der Waals surface area contributed by atoms with Gasteiger partial charge in [-0.15, -0.1) is 0 Å². The molecule has 1 saturated carbocycles. The summed E-state index contributed by atoms with van der Waals surface area (Å²) in [7, 11) is 1.70. The van der Waals surface area contributed by atoms with Gasteiger partial charge in [-0.3, -0.25) is 9.69 Å². The molecule has 118 valence electrons. The molecular formula is C16H33N3O. The molecule has 1 fully saturated rings. The zero-order valence-corrected chi connectivity index (χ0v) is 13.9. The van der Waals surface area contributed by atoms with Crippen LogP contribution in [0.1, 0.15) is 47.0 Å². The summed E-state index contributed by atoms with van der Waals surface area (Å²) < 4.78 is 0. The summed E-state index contributed by atoms with van der Waals surface area (Å²) in [4.78, 5) is 14.0. The minimum atomic E-state index is 0.0977. The molecule has 3 atom stereocenters. The predicted molar refractivity (Wildman–Crippen MR) is 84.4 cm³/mol. The van der Waals surface area contributed by atoms with Crippen molar-refractivity contribution in [2.75, 3.05) is 26.7 Å². The number of hydrogen-bond acceptors (Lipinski definition) is 3. The second-order valence-electron chi connectivity index (χ2n) is 7.18. The largest absolute Gasteiger partial charge is 0.358 e. The van der Waals surface area contributed by atoms with E-state index in [1.165, 1.54) is 12.8 Å². The molecule has 1 aliphatic carbocycles. The van der Waals surface area contributed by atoms with Gasteiger partial charge in [-0.2, -0.15) is 0 Å². The van der Waals surface area contributed by atoms with Crippen LogP contribution in [0.3, 0.4) is 0 Å². The van der Waals surface area contributed by atoms with Gasteiger partial charge in [0, 0.05) is 13.1 Å². The van der Waals surface area contributed by atoms with Gasteiger partial charge in [0.1, 0.15) is 0 Å². The lowest BCUT2D eigenvalue weighted by Crippen LogP contribution is -2.51. The smallest absolute Gasteiger partial charge is 0.233 e. The number of nitrogens with zero attached hydrogens (tertiary/aromatic N) is 1. The van der Waals surface area contributed by atoms with Gasteiger partial charge in [-0.25, -0.2) is 0 Å². The summed E-state index contributed by atoms with van der Waals surface area (Å²) in [5.74, 6) is 1.34. The topological polar surface area (TPSA) is 58.4 Å². The number of nitrogens with one attached hydrogen (secondary N) is 1.